The van der Waals surface area contributed by atoms with Crippen LogP contribution in [0.2, 0.25) is 0 Å². The summed E-state index contributed by atoms with van der Waals surface area (Å²) in [4.78, 5) is 0. The van der Waals surface area contributed by atoms with Crippen molar-refractivity contribution in [1.82, 2.24) is 0 Å². The highest BCUT2D eigenvalue weighted by Gasteiger charge is 2.08. The van der Waals surface area contributed by atoms with Crippen molar-refractivity contribution in [1.29, 1.82) is 0 Å². The van der Waals surface area contributed by atoms with Gasteiger partial charge in [0.15, 0.2) is 0 Å². The molecule has 2 N–H and O–H groups in total. The summed E-state index contributed by atoms with van der Waals surface area (Å²) in [6.07, 6.45) is 2.80. The predicted octanol–water partition coefficient (Wildman–Crippen LogP) is 4.24. The van der Waals surface area contributed by atoms with Gasteiger partial charge in [0.25, 0.3) is 0 Å². The monoisotopic (exact) mass is 340 g/mol. The molecule has 0 saturated heterocycles. The average Bonchev–Trinajstić information content (AvgIpc) is 2.59. The Hall–Kier alpha value is -1.64. The molecule has 0 radical (unpaired) electrons. The summed E-state index contributed by atoms with van der Waals surface area (Å²) in [6.45, 7) is 8.95. The maximum atomic E-state index is 9.24. The van der Waals surface area contributed by atoms with E-state index in [1.807, 2.05) is 0 Å². The van der Waals surface area contributed by atoms with E-state index in [0.29, 0.717) is 11.8 Å². The van der Waals surface area contributed by atoms with Crippen LogP contribution in [0.1, 0.15) is 47.2 Å². The van der Waals surface area contributed by atoms with Gasteiger partial charge in [0.2, 0.25) is 0 Å². The second-order valence-electron chi connectivity index (χ2n) is 7.68. The van der Waals surface area contributed by atoms with E-state index >= 15 is 0 Å². The van der Waals surface area contributed by atoms with Crippen LogP contribution in [0.3, 0.4) is 0 Å². The molecule has 0 fully saturated rings. The van der Waals surface area contributed by atoms with Crippen molar-refractivity contribution >= 4 is 0 Å². The third kappa shape index (κ3) is 5.69. The molecule has 0 amide bonds. The Morgan fingerprint density at radius 1 is 0.720 bits per heavy atom. The van der Waals surface area contributed by atoms with E-state index in [1.165, 1.54) is 33.4 Å². The van der Waals surface area contributed by atoms with Crippen LogP contribution in [0.25, 0.3) is 0 Å². The van der Waals surface area contributed by atoms with E-state index in [1.54, 1.807) is 0 Å². The Bertz CT molecular complexity index is 631. The summed E-state index contributed by atoms with van der Waals surface area (Å²) in [6, 6.07) is 13.4. The first kappa shape index (κ1) is 19.7. The lowest BCUT2D eigenvalue weighted by atomic mass is 9.92. The van der Waals surface area contributed by atoms with E-state index in [2.05, 4.69) is 64.1 Å². The Morgan fingerprint density at radius 3 is 1.44 bits per heavy atom. The van der Waals surface area contributed by atoms with Gasteiger partial charge in [-0.2, -0.15) is 0 Å². The molecule has 2 rings (SSSR count). The highest BCUT2D eigenvalue weighted by molar-refractivity contribution is 5.37. The quantitative estimate of drug-likeness (QED) is 0.755. The summed E-state index contributed by atoms with van der Waals surface area (Å²) in [5, 5.41) is 18.5. The van der Waals surface area contributed by atoms with Crippen LogP contribution in [-0.2, 0) is 19.3 Å². The molecule has 2 unspecified atom stereocenters. The van der Waals surface area contributed by atoms with Crippen molar-refractivity contribution in [3.8, 4) is 0 Å². The Kier molecular flexibility index (Phi) is 7.22. The van der Waals surface area contributed by atoms with Crippen LogP contribution in [0.5, 0.6) is 0 Å². The molecule has 2 atom stereocenters. The molecule has 0 aliphatic carbocycles. The minimum atomic E-state index is 0.238. The molecule has 0 heterocycles. The third-order valence-corrected chi connectivity index (χ3v) is 4.98. The van der Waals surface area contributed by atoms with Crippen LogP contribution in [0.15, 0.2) is 36.4 Å². The van der Waals surface area contributed by atoms with E-state index in [4.69, 9.17) is 0 Å². The van der Waals surface area contributed by atoms with Crippen molar-refractivity contribution in [3.05, 3.63) is 69.8 Å². The van der Waals surface area contributed by atoms with Crippen molar-refractivity contribution < 1.29 is 10.2 Å². The summed E-state index contributed by atoms with van der Waals surface area (Å²) >= 11 is 0. The molecule has 0 aliphatic heterocycles. The molecule has 0 aliphatic rings. The van der Waals surface area contributed by atoms with Crippen LogP contribution >= 0.6 is 0 Å². The standard InChI is InChI=1S/C23H32O2/c1-16(14-24)9-22-7-5-20(11-18(22)3)13-21-6-8-23(19(4)12-21)10-17(2)15-25/h5-8,11-12,16-17,24-25H,9-10,13-15H2,1-4H3. The van der Waals surface area contributed by atoms with Crippen LogP contribution in [-0.4, -0.2) is 23.4 Å². The van der Waals surface area contributed by atoms with Gasteiger partial charge in [-0.1, -0.05) is 50.2 Å². The van der Waals surface area contributed by atoms with Gasteiger partial charge in [0.1, 0.15) is 0 Å². The maximum absolute atomic E-state index is 9.24. The SMILES string of the molecule is Cc1cc(Cc2ccc(CC(C)CO)c(C)c2)ccc1CC(C)CO. The van der Waals surface area contributed by atoms with E-state index in [9.17, 15) is 10.2 Å². The minimum absolute atomic E-state index is 0.238. The molecule has 2 aromatic carbocycles. The van der Waals surface area contributed by atoms with Crippen molar-refractivity contribution in [3.63, 3.8) is 0 Å². The molecular formula is C23H32O2. The van der Waals surface area contributed by atoms with Gasteiger partial charge in [-0.15, -0.1) is 0 Å². The molecule has 0 bridgehead atoms. The maximum Gasteiger partial charge on any atom is 0.0459 e. The van der Waals surface area contributed by atoms with E-state index in [0.717, 1.165) is 19.3 Å². The third-order valence-electron chi connectivity index (χ3n) is 4.98. The predicted molar refractivity (Wildman–Crippen MR) is 105 cm³/mol. The fourth-order valence-electron chi connectivity index (χ4n) is 3.31. The van der Waals surface area contributed by atoms with Crippen LogP contribution in [0, 0.1) is 25.7 Å². The highest BCUT2D eigenvalue weighted by Crippen LogP contribution is 2.20. The molecule has 0 spiro atoms. The lowest BCUT2D eigenvalue weighted by molar-refractivity contribution is 0.237. The van der Waals surface area contributed by atoms with Gasteiger partial charge in [0.05, 0.1) is 0 Å². The summed E-state index contributed by atoms with van der Waals surface area (Å²) in [7, 11) is 0. The topological polar surface area (TPSA) is 40.5 Å². The normalized spacial score (nSPS) is 13.7. The Labute approximate surface area is 152 Å². The number of aryl methyl sites for hydroxylation is 2. The molecule has 2 heteroatoms. The van der Waals surface area contributed by atoms with Gasteiger partial charge in [-0.25, -0.2) is 0 Å². The zero-order chi connectivity index (χ0) is 18.4. The number of hydrogen-bond acceptors (Lipinski definition) is 2. The second kappa shape index (κ2) is 9.17. The van der Waals surface area contributed by atoms with Crippen LogP contribution in [0.4, 0.5) is 0 Å². The minimum Gasteiger partial charge on any atom is -0.396 e. The molecular weight excluding hydrogens is 308 g/mol. The number of rotatable bonds is 8. The van der Waals surface area contributed by atoms with Gasteiger partial charge < -0.3 is 10.2 Å². The Morgan fingerprint density at radius 2 is 1.12 bits per heavy atom. The van der Waals surface area contributed by atoms with Gasteiger partial charge >= 0.3 is 0 Å². The fourth-order valence-corrected chi connectivity index (χ4v) is 3.31. The number of benzene rings is 2. The molecule has 2 nitrogen and oxygen atoms in total. The summed E-state index contributed by atoms with van der Waals surface area (Å²) < 4.78 is 0. The Balaban J connectivity index is 2.09. The fraction of sp³-hybridized carbons (Fsp3) is 0.478. The lowest BCUT2D eigenvalue weighted by Gasteiger charge is -2.14. The molecule has 136 valence electrons. The number of aliphatic hydroxyl groups excluding tert-OH is 2. The largest absolute Gasteiger partial charge is 0.396 e. The van der Waals surface area contributed by atoms with E-state index < -0.39 is 0 Å². The van der Waals surface area contributed by atoms with Gasteiger partial charge in [-0.3, -0.25) is 0 Å². The molecule has 25 heavy (non-hydrogen) atoms. The van der Waals surface area contributed by atoms with Crippen molar-refractivity contribution in [2.45, 2.75) is 47.0 Å². The first-order chi connectivity index (χ1) is 11.9. The zero-order valence-corrected chi connectivity index (χ0v) is 16.0. The average molecular weight is 341 g/mol. The van der Waals surface area contributed by atoms with Crippen molar-refractivity contribution in [2.24, 2.45) is 11.8 Å². The lowest BCUT2D eigenvalue weighted by Crippen LogP contribution is -2.06. The van der Waals surface area contributed by atoms with Gasteiger partial charge in [0, 0.05) is 13.2 Å². The van der Waals surface area contributed by atoms with Gasteiger partial charge in [-0.05, 0) is 78.3 Å². The first-order valence-corrected chi connectivity index (χ1v) is 9.31. The summed E-state index contributed by atoms with van der Waals surface area (Å²) in [5.74, 6) is 0.613. The van der Waals surface area contributed by atoms with Crippen molar-refractivity contribution in [2.75, 3.05) is 13.2 Å². The first-order valence-electron chi connectivity index (χ1n) is 9.31. The van der Waals surface area contributed by atoms with E-state index in [-0.39, 0.29) is 13.2 Å². The number of hydrogen-bond donors (Lipinski definition) is 2. The molecule has 2 aromatic rings. The van der Waals surface area contributed by atoms with Crippen LogP contribution < -0.4 is 0 Å². The summed E-state index contributed by atoms with van der Waals surface area (Å²) in [5.41, 5.74) is 7.93. The number of aliphatic hydroxyl groups is 2. The molecule has 0 saturated carbocycles. The highest BCUT2D eigenvalue weighted by atomic mass is 16.3. The smallest absolute Gasteiger partial charge is 0.0459 e. The molecule has 0 aromatic heterocycles. The zero-order valence-electron chi connectivity index (χ0n) is 16.0. The second-order valence-corrected chi connectivity index (χ2v) is 7.68.